The maximum atomic E-state index is 10.4. The summed E-state index contributed by atoms with van der Waals surface area (Å²) in [5.41, 5.74) is 3.80. The van der Waals surface area contributed by atoms with Crippen molar-refractivity contribution in [1.82, 2.24) is 14.8 Å². The van der Waals surface area contributed by atoms with Crippen molar-refractivity contribution in [2.45, 2.75) is 19.4 Å². The smallest absolute Gasteiger partial charge is 0.0847 e. The van der Waals surface area contributed by atoms with E-state index in [1.54, 1.807) is 6.20 Å². The molecule has 3 rings (SSSR count). The molecule has 4 nitrogen and oxygen atoms in total. The van der Waals surface area contributed by atoms with E-state index in [0.717, 1.165) is 27.9 Å². The molecule has 0 amide bonds. The van der Waals surface area contributed by atoms with Crippen molar-refractivity contribution in [3.63, 3.8) is 0 Å². The van der Waals surface area contributed by atoms with Gasteiger partial charge in [0.05, 0.1) is 17.3 Å². The van der Waals surface area contributed by atoms with Crippen LogP contribution in [-0.4, -0.2) is 19.9 Å². The molecule has 3 aromatic rings. The Morgan fingerprint density at radius 3 is 2.85 bits per heavy atom. The lowest BCUT2D eigenvalue weighted by atomic mass is 10.0. The first-order valence-corrected chi connectivity index (χ1v) is 6.66. The maximum absolute atomic E-state index is 10.4. The minimum absolute atomic E-state index is 0.505. The molecule has 1 aromatic carbocycles. The van der Waals surface area contributed by atoms with Gasteiger partial charge in [-0.3, -0.25) is 9.67 Å². The molecule has 2 heterocycles. The number of benzene rings is 1. The van der Waals surface area contributed by atoms with Crippen LogP contribution in [0.25, 0.3) is 10.9 Å². The lowest BCUT2D eigenvalue weighted by molar-refractivity contribution is 0.177. The molecular weight excluding hydrogens is 250 g/mol. The molecule has 2 aromatic heterocycles. The number of aromatic nitrogens is 3. The number of rotatable bonds is 3. The highest BCUT2D eigenvalue weighted by Gasteiger charge is 2.14. The Kier molecular flexibility index (Phi) is 3.24. The van der Waals surface area contributed by atoms with Crippen LogP contribution < -0.4 is 0 Å². The summed E-state index contributed by atoms with van der Waals surface area (Å²) >= 11 is 0. The Hall–Kier alpha value is -2.20. The molecule has 20 heavy (non-hydrogen) atoms. The van der Waals surface area contributed by atoms with E-state index in [-0.39, 0.29) is 0 Å². The summed E-state index contributed by atoms with van der Waals surface area (Å²) in [5.74, 6) is 0. The molecule has 1 unspecified atom stereocenters. The van der Waals surface area contributed by atoms with Gasteiger partial charge in [0.2, 0.25) is 0 Å². The van der Waals surface area contributed by atoms with Gasteiger partial charge in [0.1, 0.15) is 0 Å². The van der Waals surface area contributed by atoms with Gasteiger partial charge in [-0.05, 0) is 30.7 Å². The predicted octanol–water partition coefficient (Wildman–Crippen LogP) is 2.55. The summed E-state index contributed by atoms with van der Waals surface area (Å²) in [6.07, 6.45) is 1.67. The Bertz CT molecular complexity index is 748. The van der Waals surface area contributed by atoms with Crippen LogP contribution in [0.1, 0.15) is 23.1 Å². The zero-order valence-electron chi connectivity index (χ0n) is 11.6. The monoisotopic (exact) mass is 267 g/mol. The molecule has 0 fully saturated rings. The van der Waals surface area contributed by atoms with Gasteiger partial charge in [-0.1, -0.05) is 18.2 Å². The van der Waals surface area contributed by atoms with Crippen molar-refractivity contribution in [1.29, 1.82) is 0 Å². The van der Waals surface area contributed by atoms with Crippen molar-refractivity contribution < 1.29 is 5.11 Å². The highest BCUT2D eigenvalue weighted by molar-refractivity contribution is 5.81. The zero-order valence-corrected chi connectivity index (χ0v) is 11.6. The molecule has 0 aliphatic carbocycles. The summed E-state index contributed by atoms with van der Waals surface area (Å²) in [4.78, 5) is 4.15. The second-order valence-electron chi connectivity index (χ2n) is 5.04. The molecule has 0 spiro atoms. The van der Waals surface area contributed by atoms with E-state index >= 15 is 0 Å². The van der Waals surface area contributed by atoms with E-state index in [1.165, 1.54) is 0 Å². The molecule has 0 saturated carbocycles. The fraction of sp³-hybridized carbons (Fsp3) is 0.250. The first-order chi connectivity index (χ1) is 9.65. The van der Waals surface area contributed by atoms with E-state index in [9.17, 15) is 5.11 Å². The summed E-state index contributed by atoms with van der Waals surface area (Å²) in [7, 11) is 1.93. The van der Waals surface area contributed by atoms with Gasteiger partial charge in [-0.15, -0.1) is 0 Å². The van der Waals surface area contributed by atoms with Crippen molar-refractivity contribution in [3.05, 3.63) is 59.5 Å². The van der Waals surface area contributed by atoms with Gasteiger partial charge in [0, 0.05) is 30.7 Å². The van der Waals surface area contributed by atoms with Crippen LogP contribution in [0.15, 0.2) is 42.6 Å². The standard InChI is InChI=1S/C16H17N3O/c1-11-9-12(7-8-17-11)16(20)10-14-13-5-3-4-6-15(13)19(2)18-14/h3-9,16,20H,10H2,1-2H3. The Morgan fingerprint density at radius 2 is 2.05 bits per heavy atom. The Labute approximate surface area is 117 Å². The molecule has 4 heteroatoms. The third-order valence-electron chi connectivity index (χ3n) is 3.53. The minimum Gasteiger partial charge on any atom is -0.388 e. The molecule has 0 aliphatic rings. The van der Waals surface area contributed by atoms with Gasteiger partial charge in [-0.2, -0.15) is 5.10 Å². The van der Waals surface area contributed by atoms with Crippen molar-refractivity contribution >= 4 is 10.9 Å². The first-order valence-electron chi connectivity index (χ1n) is 6.66. The van der Waals surface area contributed by atoms with E-state index in [2.05, 4.69) is 10.1 Å². The number of hydrogen-bond acceptors (Lipinski definition) is 3. The molecule has 102 valence electrons. The summed E-state index contributed by atoms with van der Waals surface area (Å²) < 4.78 is 1.86. The number of aryl methyl sites for hydroxylation is 2. The second kappa shape index (κ2) is 5.06. The number of pyridine rings is 1. The van der Waals surface area contributed by atoms with Gasteiger partial charge >= 0.3 is 0 Å². The normalized spacial score (nSPS) is 12.8. The SMILES string of the molecule is Cc1cc(C(O)Cc2nn(C)c3ccccc23)ccn1. The molecule has 0 radical (unpaired) electrons. The van der Waals surface area contributed by atoms with Crippen LogP contribution in [0, 0.1) is 6.92 Å². The zero-order chi connectivity index (χ0) is 14.1. The van der Waals surface area contributed by atoms with E-state index in [1.807, 2.05) is 55.1 Å². The third kappa shape index (κ3) is 2.30. The average molecular weight is 267 g/mol. The van der Waals surface area contributed by atoms with Gasteiger partial charge in [0.15, 0.2) is 0 Å². The van der Waals surface area contributed by atoms with E-state index in [0.29, 0.717) is 6.42 Å². The maximum Gasteiger partial charge on any atom is 0.0847 e. The summed E-state index contributed by atoms with van der Waals surface area (Å²) in [6.45, 7) is 1.92. The summed E-state index contributed by atoms with van der Waals surface area (Å²) in [5, 5.41) is 16.0. The molecule has 1 N–H and O–H groups in total. The second-order valence-corrected chi connectivity index (χ2v) is 5.04. The van der Waals surface area contributed by atoms with Crippen LogP contribution in [0.2, 0.25) is 0 Å². The fourth-order valence-corrected chi connectivity index (χ4v) is 2.52. The van der Waals surface area contributed by atoms with E-state index < -0.39 is 6.10 Å². The van der Waals surface area contributed by atoms with Crippen LogP contribution in [0.4, 0.5) is 0 Å². The minimum atomic E-state index is -0.560. The highest BCUT2D eigenvalue weighted by Crippen LogP contribution is 2.23. The lowest BCUT2D eigenvalue weighted by Gasteiger charge is -2.10. The van der Waals surface area contributed by atoms with Crippen molar-refractivity contribution in [3.8, 4) is 0 Å². The van der Waals surface area contributed by atoms with Crippen LogP contribution in [-0.2, 0) is 13.5 Å². The largest absolute Gasteiger partial charge is 0.388 e. The Morgan fingerprint density at radius 1 is 1.25 bits per heavy atom. The molecular formula is C16H17N3O. The number of hydrogen-bond donors (Lipinski definition) is 1. The molecule has 0 saturated heterocycles. The Balaban J connectivity index is 1.93. The van der Waals surface area contributed by atoms with Crippen molar-refractivity contribution in [2.24, 2.45) is 7.05 Å². The summed E-state index contributed by atoms with van der Waals surface area (Å²) in [6, 6.07) is 11.8. The fourth-order valence-electron chi connectivity index (χ4n) is 2.52. The van der Waals surface area contributed by atoms with Crippen LogP contribution in [0.3, 0.4) is 0 Å². The third-order valence-corrected chi connectivity index (χ3v) is 3.53. The van der Waals surface area contributed by atoms with Crippen LogP contribution >= 0.6 is 0 Å². The number of aliphatic hydroxyl groups excluding tert-OH is 1. The van der Waals surface area contributed by atoms with Crippen LogP contribution in [0.5, 0.6) is 0 Å². The topological polar surface area (TPSA) is 50.9 Å². The van der Waals surface area contributed by atoms with E-state index in [4.69, 9.17) is 0 Å². The van der Waals surface area contributed by atoms with Crippen molar-refractivity contribution in [2.75, 3.05) is 0 Å². The lowest BCUT2D eigenvalue weighted by Crippen LogP contribution is -2.04. The highest BCUT2D eigenvalue weighted by atomic mass is 16.3. The number of para-hydroxylation sites is 1. The first kappa shape index (κ1) is 12.8. The van der Waals surface area contributed by atoms with Gasteiger partial charge in [0.25, 0.3) is 0 Å². The average Bonchev–Trinajstić information content (AvgIpc) is 2.76. The van der Waals surface area contributed by atoms with Gasteiger partial charge < -0.3 is 5.11 Å². The number of fused-ring (bicyclic) bond motifs is 1. The predicted molar refractivity (Wildman–Crippen MR) is 78.4 cm³/mol. The molecule has 0 bridgehead atoms. The number of nitrogens with zero attached hydrogens (tertiary/aromatic N) is 3. The quantitative estimate of drug-likeness (QED) is 0.793. The van der Waals surface area contributed by atoms with Gasteiger partial charge in [-0.25, -0.2) is 0 Å². The molecule has 0 aliphatic heterocycles. The molecule has 1 atom stereocenters. The number of aliphatic hydroxyl groups is 1.